The lowest BCUT2D eigenvalue weighted by atomic mass is 10.2. The number of rotatable bonds is 5. The van der Waals surface area contributed by atoms with Crippen LogP contribution < -0.4 is 5.32 Å². The van der Waals surface area contributed by atoms with E-state index in [-0.39, 0.29) is 5.57 Å². The molecule has 0 fully saturated rings. The minimum Gasteiger partial charge on any atom is -0.375 e. The van der Waals surface area contributed by atoms with E-state index >= 15 is 0 Å². The molecule has 0 radical (unpaired) electrons. The van der Waals surface area contributed by atoms with Gasteiger partial charge in [-0.3, -0.25) is 4.79 Å². The van der Waals surface area contributed by atoms with Crippen LogP contribution in [0.5, 0.6) is 0 Å². The van der Waals surface area contributed by atoms with Crippen LogP contribution in [0.4, 0.5) is 5.69 Å². The lowest BCUT2D eigenvalue weighted by Gasteiger charge is -2.15. The van der Waals surface area contributed by atoms with Crippen LogP contribution in [0.3, 0.4) is 0 Å². The first-order valence-corrected chi connectivity index (χ1v) is 7.40. The number of amides is 1. The van der Waals surface area contributed by atoms with Gasteiger partial charge in [0.15, 0.2) is 0 Å². The highest BCUT2D eigenvalue weighted by atomic mass is 35.5. The molecular weight excluding hydrogens is 310 g/mol. The fourth-order valence-electron chi connectivity index (χ4n) is 2.03. The predicted molar refractivity (Wildman–Crippen MR) is 91.7 cm³/mol. The zero-order valence-electron chi connectivity index (χ0n) is 12.7. The van der Waals surface area contributed by atoms with Gasteiger partial charge in [0, 0.05) is 19.8 Å². The molecule has 0 aliphatic heterocycles. The Kier molecular flexibility index (Phi) is 5.79. The van der Waals surface area contributed by atoms with E-state index in [1.807, 2.05) is 43.4 Å². The Balaban J connectivity index is 2.07. The number of halogens is 1. The maximum atomic E-state index is 12.2. The number of carbonyl (C=O) groups excluding carboxylic acids is 1. The maximum absolute atomic E-state index is 12.2. The molecule has 0 aromatic heterocycles. The van der Waals surface area contributed by atoms with Crippen molar-refractivity contribution in [2.75, 3.05) is 12.4 Å². The third kappa shape index (κ3) is 4.87. The van der Waals surface area contributed by atoms with Crippen molar-refractivity contribution in [3.05, 3.63) is 77.0 Å². The first kappa shape index (κ1) is 16.6. The molecule has 1 amide bonds. The van der Waals surface area contributed by atoms with Crippen molar-refractivity contribution in [3.63, 3.8) is 0 Å². The monoisotopic (exact) mass is 325 g/mol. The van der Waals surface area contributed by atoms with Crippen molar-refractivity contribution in [2.24, 2.45) is 0 Å². The number of para-hydroxylation sites is 1. The number of nitrogens with zero attached hydrogens (tertiary/aromatic N) is 2. The van der Waals surface area contributed by atoms with Gasteiger partial charge in [-0.1, -0.05) is 54.1 Å². The summed E-state index contributed by atoms with van der Waals surface area (Å²) in [6.45, 7) is 0.603. The van der Waals surface area contributed by atoms with Gasteiger partial charge in [0.25, 0.3) is 5.91 Å². The van der Waals surface area contributed by atoms with Crippen LogP contribution in [0.25, 0.3) is 0 Å². The number of nitrogens with one attached hydrogen (secondary N) is 1. The van der Waals surface area contributed by atoms with Crippen molar-refractivity contribution in [1.82, 2.24) is 4.90 Å². The molecule has 0 heterocycles. The van der Waals surface area contributed by atoms with Crippen molar-refractivity contribution >= 4 is 23.2 Å². The van der Waals surface area contributed by atoms with Crippen LogP contribution in [0.15, 0.2) is 66.4 Å². The van der Waals surface area contributed by atoms with E-state index in [0.29, 0.717) is 17.3 Å². The molecule has 0 aliphatic carbocycles. The molecule has 0 aliphatic rings. The molecule has 23 heavy (non-hydrogen) atoms. The number of nitriles is 1. The fraction of sp³-hybridized carbons (Fsp3) is 0.111. The highest BCUT2D eigenvalue weighted by Gasteiger charge is 2.12. The summed E-state index contributed by atoms with van der Waals surface area (Å²) in [5.74, 6) is -0.486. The Morgan fingerprint density at radius 1 is 1.22 bits per heavy atom. The van der Waals surface area contributed by atoms with E-state index in [0.717, 1.165) is 5.56 Å². The second-order valence-corrected chi connectivity index (χ2v) is 5.40. The Morgan fingerprint density at radius 2 is 1.87 bits per heavy atom. The van der Waals surface area contributed by atoms with E-state index in [9.17, 15) is 10.1 Å². The predicted octanol–water partition coefficient (Wildman–Crippen LogP) is 3.82. The van der Waals surface area contributed by atoms with Gasteiger partial charge >= 0.3 is 0 Å². The van der Waals surface area contributed by atoms with Crippen LogP contribution in [0.1, 0.15) is 5.56 Å². The quantitative estimate of drug-likeness (QED) is 0.671. The average Bonchev–Trinajstić information content (AvgIpc) is 2.55. The molecule has 4 nitrogen and oxygen atoms in total. The second kappa shape index (κ2) is 8.02. The van der Waals surface area contributed by atoms with Gasteiger partial charge in [-0.15, -0.1) is 0 Å². The SMILES string of the molecule is CN(/C=C(/C#N)C(=O)Nc1ccccc1Cl)Cc1ccccc1. The number of hydrogen-bond donors (Lipinski definition) is 1. The van der Waals surface area contributed by atoms with Gasteiger partial charge in [-0.25, -0.2) is 0 Å². The smallest absolute Gasteiger partial charge is 0.267 e. The van der Waals surface area contributed by atoms with E-state index in [2.05, 4.69) is 5.32 Å². The molecule has 0 saturated heterocycles. The second-order valence-electron chi connectivity index (χ2n) is 4.99. The van der Waals surface area contributed by atoms with Crippen LogP contribution >= 0.6 is 11.6 Å². The molecule has 0 saturated carbocycles. The van der Waals surface area contributed by atoms with Crippen LogP contribution in [-0.2, 0) is 11.3 Å². The average molecular weight is 326 g/mol. The number of benzene rings is 2. The Labute approximate surface area is 140 Å². The molecule has 2 aromatic carbocycles. The Hall–Kier alpha value is -2.77. The topological polar surface area (TPSA) is 56.1 Å². The highest BCUT2D eigenvalue weighted by molar-refractivity contribution is 6.33. The highest BCUT2D eigenvalue weighted by Crippen LogP contribution is 2.21. The summed E-state index contributed by atoms with van der Waals surface area (Å²) in [6, 6.07) is 18.6. The van der Waals surface area contributed by atoms with Crippen LogP contribution in [0.2, 0.25) is 5.02 Å². The molecule has 116 valence electrons. The van der Waals surface area contributed by atoms with Gasteiger partial charge in [0.1, 0.15) is 11.6 Å². The summed E-state index contributed by atoms with van der Waals surface area (Å²) in [5, 5.41) is 12.3. The summed E-state index contributed by atoms with van der Waals surface area (Å²) >= 11 is 6.00. The molecule has 5 heteroatoms. The molecule has 0 bridgehead atoms. The summed E-state index contributed by atoms with van der Waals surface area (Å²) in [5.41, 5.74) is 1.59. The van der Waals surface area contributed by atoms with Crippen molar-refractivity contribution in [2.45, 2.75) is 6.54 Å². The fourth-order valence-corrected chi connectivity index (χ4v) is 2.21. The molecule has 0 unspecified atom stereocenters. The summed E-state index contributed by atoms with van der Waals surface area (Å²) in [6.07, 6.45) is 1.53. The number of anilines is 1. The molecule has 2 aromatic rings. The first-order valence-electron chi connectivity index (χ1n) is 7.02. The minimum atomic E-state index is -0.486. The van der Waals surface area contributed by atoms with E-state index in [1.165, 1.54) is 6.20 Å². The van der Waals surface area contributed by atoms with Crippen molar-refractivity contribution in [1.29, 1.82) is 5.26 Å². The molecule has 0 atom stereocenters. The van der Waals surface area contributed by atoms with Gasteiger partial charge in [0.05, 0.1) is 10.7 Å². The number of hydrogen-bond acceptors (Lipinski definition) is 3. The Bertz CT molecular complexity index is 750. The summed E-state index contributed by atoms with van der Waals surface area (Å²) in [7, 11) is 1.81. The van der Waals surface area contributed by atoms with E-state index in [1.54, 1.807) is 29.2 Å². The van der Waals surface area contributed by atoms with Crippen LogP contribution in [-0.4, -0.2) is 17.9 Å². The lowest BCUT2D eigenvalue weighted by Crippen LogP contribution is -2.18. The molecule has 0 spiro atoms. The molecular formula is C18H16ClN3O. The van der Waals surface area contributed by atoms with Gasteiger partial charge in [0.2, 0.25) is 0 Å². The summed E-state index contributed by atoms with van der Waals surface area (Å²) in [4.78, 5) is 14.0. The van der Waals surface area contributed by atoms with Gasteiger partial charge in [-0.05, 0) is 17.7 Å². The first-order chi connectivity index (χ1) is 11.1. The Morgan fingerprint density at radius 3 is 2.52 bits per heavy atom. The zero-order valence-corrected chi connectivity index (χ0v) is 13.4. The van der Waals surface area contributed by atoms with Gasteiger partial charge < -0.3 is 10.2 Å². The molecule has 1 N–H and O–H groups in total. The third-order valence-electron chi connectivity index (χ3n) is 3.11. The largest absolute Gasteiger partial charge is 0.375 e. The van der Waals surface area contributed by atoms with E-state index in [4.69, 9.17) is 11.6 Å². The maximum Gasteiger partial charge on any atom is 0.267 e. The number of carbonyl (C=O) groups is 1. The van der Waals surface area contributed by atoms with Crippen molar-refractivity contribution in [3.8, 4) is 6.07 Å². The summed E-state index contributed by atoms with van der Waals surface area (Å²) < 4.78 is 0. The van der Waals surface area contributed by atoms with Gasteiger partial charge in [-0.2, -0.15) is 5.26 Å². The zero-order chi connectivity index (χ0) is 16.7. The van der Waals surface area contributed by atoms with Crippen LogP contribution in [0, 0.1) is 11.3 Å². The molecule has 2 rings (SSSR count). The standard InChI is InChI=1S/C18H16ClN3O/c1-22(12-14-7-3-2-4-8-14)13-15(11-20)18(23)21-17-10-6-5-9-16(17)19/h2-10,13H,12H2,1H3,(H,21,23)/b15-13-. The van der Waals surface area contributed by atoms with Crippen molar-refractivity contribution < 1.29 is 4.79 Å². The lowest BCUT2D eigenvalue weighted by molar-refractivity contribution is -0.112. The van der Waals surface area contributed by atoms with E-state index < -0.39 is 5.91 Å². The minimum absolute atomic E-state index is 0.0170. The normalized spacial score (nSPS) is 10.7. The third-order valence-corrected chi connectivity index (χ3v) is 3.44.